The molecule has 0 aliphatic rings. The number of hydrogen-bond donors (Lipinski definition) is 1. The first-order valence-corrected chi connectivity index (χ1v) is 7.87. The van der Waals surface area contributed by atoms with Crippen LogP contribution in [0.2, 0.25) is 0 Å². The van der Waals surface area contributed by atoms with Crippen molar-refractivity contribution < 1.29 is 27.5 Å². The number of rotatable bonds is 5. The van der Waals surface area contributed by atoms with Crippen molar-refractivity contribution in [3.8, 4) is 5.69 Å². The highest BCUT2D eigenvalue weighted by Crippen LogP contribution is 2.32. The van der Waals surface area contributed by atoms with Crippen LogP contribution >= 0.6 is 0 Å². The van der Waals surface area contributed by atoms with Gasteiger partial charge in [0, 0.05) is 24.3 Å². The van der Waals surface area contributed by atoms with Crippen LogP contribution in [0.25, 0.3) is 5.69 Å². The summed E-state index contributed by atoms with van der Waals surface area (Å²) in [5, 5.41) is 13.7. The smallest absolute Gasteiger partial charge is 0.373 e. The zero-order chi connectivity index (χ0) is 19.7. The Morgan fingerprint density at radius 3 is 2.35 bits per heavy atom. The van der Waals surface area contributed by atoms with E-state index in [4.69, 9.17) is 0 Å². The highest BCUT2D eigenvalue weighted by Gasteiger charge is 2.57. The fourth-order valence-corrected chi connectivity index (χ4v) is 2.40. The van der Waals surface area contributed by atoms with Gasteiger partial charge in [0.2, 0.25) is 5.60 Å². The highest BCUT2D eigenvalue weighted by molar-refractivity contribution is 5.85. The second-order valence-electron chi connectivity index (χ2n) is 6.03. The molecule has 0 saturated carbocycles. The van der Waals surface area contributed by atoms with E-state index in [1.165, 1.54) is 42.1 Å². The van der Waals surface area contributed by atoms with E-state index in [0.29, 0.717) is 23.9 Å². The van der Waals surface area contributed by atoms with Gasteiger partial charge in [0.1, 0.15) is 5.82 Å². The Hall–Kier alpha value is -2.42. The summed E-state index contributed by atoms with van der Waals surface area (Å²) >= 11 is 0. The summed E-state index contributed by atoms with van der Waals surface area (Å²) < 4.78 is 53.3. The molecule has 0 bridgehead atoms. The predicted octanol–water partition coefficient (Wildman–Crippen LogP) is 2.98. The van der Waals surface area contributed by atoms with Gasteiger partial charge < -0.3 is 10.0 Å². The monoisotopic (exact) mass is 373 g/mol. The number of aliphatic hydroxyl groups is 1. The molecule has 142 valence electrons. The molecule has 26 heavy (non-hydrogen) atoms. The van der Waals surface area contributed by atoms with Gasteiger partial charge >= 0.3 is 6.18 Å². The standard InChI is InChI=1S/C17H19F4N3O2/c1-4-23(15(25)16(3,26)17(19,20)21)10-12-9-22-24(11(12)2)14-7-5-13(18)6-8-14/h5-9,26H,4,10H2,1-3H3/t16-/m1/s1. The molecule has 5 nitrogen and oxygen atoms in total. The summed E-state index contributed by atoms with van der Waals surface area (Å²) in [7, 11) is 0. The van der Waals surface area contributed by atoms with Gasteiger partial charge in [-0.05, 0) is 45.0 Å². The largest absolute Gasteiger partial charge is 0.426 e. The predicted molar refractivity (Wildman–Crippen MR) is 86.0 cm³/mol. The van der Waals surface area contributed by atoms with Gasteiger partial charge in [-0.25, -0.2) is 9.07 Å². The van der Waals surface area contributed by atoms with E-state index in [9.17, 15) is 27.5 Å². The van der Waals surface area contributed by atoms with Gasteiger partial charge in [-0.1, -0.05) is 0 Å². The van der Waals surface area contributed by atoms with Crippen molar-refractivity contribution >= 4 is 5.91 Å². The Labute approximate surface area is 147 Å². The first kappa shape index (κ1) is 19.9. The highest BCUT2D eigenvalue weighted by atomic mass is 19.4. The third-order valence-corrected chi connectivity index (χ3v) is 4.18. The molecule has 0 spiro atoms. The Morgan fingerprint density at radius 2 is 1.85 bits per heavy atom. The third kappa shape index (κ3) is 3.72. The molecule has 2 rings (SSSR count). The summed E-state index contributed by atoms with van der Waals surface area (Å²) in [5.74, 6) is -1.84. The van der Waals surface area contributed by atoms with E-state index >= 15 is 0 Å². The zero-order valence-electron chi connectivity index (χ0n) is 14.5. The lowest BCUT2D eigenvalue weighted by atomic mass is 10.0. The minimum atomic E-state index is -5.08. The maximum Gasteiger partial charge on any atom is 0.426 e. The molecule has 9 heteroatoms. The van der Waals surface area contributed by atoms with Crippen LogP contribution in [0.4, 0.5) is 17.6 Å². The molecule has 0 fully saturated rings. The van der Waals surface area contributed by atoms with E-state index in [1.54, 1.807) is 6.92 Å². The lowest BCUT2D eigenvalue weighted by Gasteiger charge is -2.31. The Bertz CT molecular complexity index is 782. The number of likely N-dealkylation sites (N-methyl/N-ethyl adjacent to an activating group) is 1. The van der Waals surface area contributed by atoms with E-state index < -0.39 is 23.5 Å². The normalized spacial score (nSPS) is 14.2. The first-order chi connectivity index (χ1) is 12.0. The Morgan fingerprint density at radius 1 is 1.27 bits per heavy atom. The van der Waals surface area contributed by atoms with Gasteiger partial charge in [0.25, 0.3) is 5.91 Å². The molecule has 1 atom stereocenters. The number of carbonyl (C=O) groups is 1. The molecule has 0 radical (unpaired) electrons. The minimum Gasteiger partial charge on any atom is -0.373 e. The van der Waals surface area contributed by atoms with Crippen LogP contribution in [-0.4, -0.2) is 44.0 Å². The van der Waals surface area contributed by atoms with Crippen molar-refractivity contribution in [2.45, 2.75) is 39.1 Å². The number of amides is 1. The molecular weight excluding hydrogens is 354 g/mol. The van der Waals surface area contributed by atoms with Crippen molar-refractivity contribution in [3.63, 3.8) is 0 Å². The number of alkyl halides is 3. The number of halogens is 4. The van der Waals surface area contributed by atoms with Crippen LogP contribution in [0.15, 0.2) is 30.5 Å². The fourth-order valence-electron chi connectivity index (χ4n) is 2.40. The average Bonchev–Trinajstić information content (AvgIpc) is 2.92. The summed E-state index contributed by atoms with van der Waals surface area (Å²) in [5.41, 5.74) is -1.78. The number of nitrogens with zero attached hydrogens (tertiary/aromatic N) is 3. The molecule has 2 aromatic rings. The maximum atomic E-state index is 13.0. The first-order valence-electron chi connectivity index (χ1n) is 7.87. The molecule has 1 heterocycles. The summed E-state index contributed by atoms with van der Waals surface area (Å²) in [6, 6.07) is 5.55. The van der Waals surface area contributed by atoms with Crippen LogP contribution in [0, 0.1) is 12.7 Å². The SMILES string of the molecule is CCN(Cc1cnn(-c2ccc(F)cc2)c1C)C(=O)[C@@](C)(O)C(F)(F)F. The second-order valence-corrected chi connectivity index (χ2v) is 6.03. The van der Waals surface area contributed by atoms with E-state index in [2.05, 4.69) is 5.10 Å². The van der Waals surface area contributed by atoms with E-state index in [-0.39, 0.29) is 13.1 Å². The van der Waals surface area contributed by atoms with Crippen LogP contribution in [0.3, 0.4) is 0 Å². The van der Waals surface area contributed by atoms with Crippen LogP contribution in [-0.2, 0) is 11.3 Å². The summed E-state index contributed by atoms with van der Waals surface area (Å²) in [6.45, 7) is 3.48. The third-order valence-electron chi connectivity index (χ3n) is 4.18. The van der Waals surface area contributed by atoms with Gasteiger partial charge in [0.15, 0.2) is 0 Å². The van der Waals surface area contributed by atoms with Crippen LogP contribution in [0.1, 0.15) is 25.1 Å². The fraction of sp³-hybridized carbons (Fsp3) is 0.412. The lowest BCUT2D eigenvalue weighted by Crippen LogP contribution is -2.55. The van der Waals surface area contributed by atoms with Crippen molar-refractivity contribution in [1.82, 2.24) is 14.7 Å². The number of carbonyl (C=O) groups excluding carboxylic acids is 1. The topological polar surface area (TPSA) is 58.4 Å². The van der Waals surface area contributed by atoms with E-state index in [0.717, 1.165) is 4.90 Å². The average molecular weight is 373 g/mol. The Kier molecular flexibility index (Phi) is 5.41. The van der Waals surface area contributed by atoms with Gasteiger partial charge in [0.05, 0.1) is 11.9 Å². The second kappa shape index (κ2) is 7.06. The minimum absolute atomic E-state index is 0.0216. The number of aromatic nitrogens is 2. The zero-order valence-corrected chi connectivity index (χ0v) is 14.5. The summed E-state index contributed by atoms with van der Waals surface area (Å²) in [4.78, 5) is 13.1. The molecule has 1 N–H and O–H groups in total. The molecule has 0 unspecified atom stereocenters. The van der Waals surface area contributed by atoms with Gasteiger partial charge in [-0.2, -0.15) is 18.3 Å². The van der Waals surface area contributed by atoms with E-state index in [1.807, 2.05) is 0 Å². The van der Waals surface area contributed by atoms with Crippen LogP contribution < -0.4 is 0 Å². The van der Waals surface area contributed by atoms with Gasteiger partial charge in [-0.3, -0.25) is 4.79 Å². The molecule has 0 aliphatic heterocycles. The van der Waals surface area contributed by atoms with Crippen LogP contribution in [0.5, 0.6) is 0 Å². The maximum absolute atomic E-state index is 13.0. The quantitative estimate of drug-likeness (QED) is 0.820. The molecule has 1 aromatic heterocycles. The van der Waals surface area contributed by atoms with Crippen molar-refractivity contribution in [2.24, 2.45) is 0 Å². The van der Waals surface area contributed by atoms with Crippen molar-refractivity contribution in [2.75, 3.05) is 6.54 Å². The van der Waals surface area contributed by atoms with Crippen molar-refractivity contribution in [1.29, 1.82) is 0 Å². The number of hydrogen-bond acceptors (Lipinski definition) is 3. The van der Waals surface area contributed by atoms with Gasteiger partial charge in [-0.15, -0.1) is 0 Å². The molecule has 0 aliphatic carbocycles. The molecular formula is C17H19F4N3O2. The lowest BCUT2D eigenvalue weighted by molar-refractivity contribution is -0.250. The molecule has 1 amide bonds. The Balaban J connectivity index is 2.27. The molecule has 0 saturated heterocycles. The molecule has 1 aromatic carbocycles. The number of benzene rings is 1. The summed E-state index contributed by atoms with van der Waals surface area (Å²) in [6.07, 6.45) is -3.65. The van der Waals surface area contributed by atoms with Crippen molar-refractivity contribution in [3.05, 3.63) is 47.5 Å².